The number of thiol groups is 1. The van der Waals surface area contributed by atoms with Gasteiger partial charge >= 0.3 is 0 Å². The number of aromatic hydroxyl groups is 2. The predicted octanol–water partition coefficient (Wildman–Crippen LogP) is 4.20. The van der Waals surface area contributed by atoms with Gasteiger partial charge < -0.3 is 10.2 Å². The molecule has 0 aliphatic rings. The summed E-state index contributed by atoms with van der Waals surface area (Å²) in [5.41, 5.74) is 1.83. The van der Waals surface area contributed by atoms with E-state index >= 15 is 0 Å². The van der Waals surface area contributed by atoms with E-state index in [0.29, 0.717) is 21.8 Å². The van der Waals surface area contributed by atoms with E-state index in [4.69, 9.17) is 0 Å². The first-order valence-corrected chi connectivity index (χ1v) is 8.25. The SMILES string of the molecule is Cc1c(O)cc2c3ccc4ccccc4c3n3c(S)nnc3c2c1O. The molecule has 25 heavy (non-hydrogen) atoms. The smallest absolute Gasteiger partial charge is 0.193 e. The molecule has 0 spiro atoms. The van der Waals surface area contributed by atoms with Gasteiger partial charge in [-0.05, 0) is 18.4 Å². The summed E-state index contributed by atoms with van der Waals surface area (Å²) < 4.78 is 1.85. The van der Waals surface area contributed by atoms with Crippen molar-refractivity contribution in [1.29, 1.82) is 0 Å². The molecule has 2 N–H and O–H groups in total. The van der Waals surface area contributed by atoms with Crippen molar-refractivity contribution in [3.05, 3.63) is 48.0 Å². The second-order valence-electron chi connectivity index (χ2n) is 6.13. The third-order valence-corrected chi connectivity index (χ3v) is 5.10. The Hall–Kier alpha value is -2.99. The fourth-order valence-electron chi connectivity index (χ4n) is 3.55. The van der Waals surface area contributed by atoms with Crippen LogP contribution in [0, 0.1) is 6.92 Å². The summed E-state index contributed by atoms with van der Waals surface area (Å²) in [6, 6.07) is 13.7. The van der Waals surface area contributed by atoms with Crippen molar-refractivity contribution >= 4 is 50.7 Å². The van der Waals surface area contributed by atoms with Gasteiger partial charge in [0, 0.05) is 21.7 Å². The molecule has 0 aliphatic heterocycles. The van der Waals surface area contributed by atoms with Crippen LogP contribution < -0.4 is 0 Å². The maximum absolute atomic E-state index is 10.7. The van der Waals surface area contributed by atoms with Crippen molar-refractivity contribution in [2.45, 2.75) is 12.1 Å². The molecule has 6 heteroatoms. The number of hydrogen-bond donors (Lipinski definition) is 3. The molecule has 0 saturated heterocycles. The maximum atomic E-state index is 10.7. The number of phenols is 2. The van der Waals surface area contributed by atoms with Gasteiger partial charge in [-0.3, -0.25) is 4.40 Å². The molecule has 0 atom stereocenters. The lowest BCUT2D eigenvalue weighted by Crippen LogP contribution is -1.94. The van der Waals surface area contributed by atoms with Crippen molar-refractivity contribution in [2.75, 3.05) is 0 Å². The predicted molar refractivity (Wildman–Crippen MR) is 101 cm³/mol. The van der Waals surface area contributed by atoms with E-state index in [1.165, 1.54) is 0 Å². The summed E-state index contributed by atoms with van der Waals surface area (Å²) in [6.07, 6.45) is 0. The summed E-state index contributed by atoms with van der Waals surface area (Å²) in [4.78, 5) is 0. The highest BCUT2D eigenvalue weighted by molar-refractivity contribution is 7.80. The van der Waals surface area contributed by atoms with E-state index in [-0.39, 0.29) is 11.5 Å². The van der Waals surface area contributed by atoms with E-state index in [1.54, 1.807) is 13.0 Å². The number of benzene rings is 3. The number of aromatic nitrogens is 3. The van der Waals surface area contributed by atoms with Crippen LogP contribution in [0.2, 0.25) is 0 Å². The monoisotopic (exact) mass is 347 g/mol. The van der Waals surface area contributed by atoms with Crippen LogP contribution in [0.1, 0.15) is 5.56 Å². The average molecular weight is 347 g/mol. The van der Waals surface area contributed by atoms with Crippen LogP contribution in [-0.4, -0.2) is 24.8 Å². The number of nitrogens with zero attached hydrogens (tertiary/aromatic N) is 3. The van der Waals surface area contributed by atoms with Crippen LogP contribution in [0.3, 0.4) is 0 Å². The van der Waals surface area contributed by atoms with Crippen molar-refractivity contribution in [1.82, 2.24) is 14.6 Å². The van der Waals surface area contributed by atoms with Crippen molar-refractivity contribution < 1.29 is 10.2 Å². The molecule has 5 aromatic rings. The van der Waals surface area contributed by atoms with E-state index < -0.39 is 0 Å². The standard InChI is InChI=1S/C19H13N3O2S/c1-9-14(23)8-13-12-7-6-10-4-2-3-5-11(10)16(12)22-18(15(13)17(9)24)20-21-19(22)25/h2-8,23-24H,1H3,(H,21,25). The fraction of sp³-hybridized carbons (Fsp3) is 0.0526. The Morgan fingerprint density at radius 2 is 1.76 bits per heavy atom. The molecular weight excluding hydrogens is 334 g/mol. The van der Waals surface area contributed by atoms with Crippen LogP contribution in [0.5, 0.6) is 11.5 Å². The molecule has 5 nitrogen and oxygen atoms in total. The third kappa shape index (κ3) is 1.74. The van der Waals surface area contributed by atoms with Crippen LogP contribution in [0.4, 0.5) is 0 Å². The Balaban J connectivity index is 2.24. The number of fused-ring (bicyclic) bond motifs is 8. The normalized spacial score (nSPS) is 11.9. The first-order valence-electron chi connectivity index (χ1n) is 7.80. The van der Waals surface area contributed by atoms with Crippen LogP contribution in [-0.2, 0) is 0 Å². The summed E-state index contributed by atoms with van der Waals surface area (Å²) >= 11 is 4.47. The Labute approximate surface area is 147 Å². The average Bonchev–Trinajstić information content (AvgIpc) is 3.00. The van der Waals surface area contributed by atoms with E-state index in [0.717, 1.165) is 27.1 Å². The van der Waals surface area contributed by atoms with Crippen molar-refractivity contribution in [2.24, 2.45) is 0 Å². The van der Waals surface area contributed by atoms with Gasteiger partial charge in [0.15, 0.2) is 10.8 Å². The molecule has 2 aromatic heterocycles. The minimum absolute atomic E-state index is 0.00999. The lowest BCUT2D eigenvalue weighted by Gasteiger charge is -2.14. The van der Waals surface area contributed by atoms with Gasteiger partial charge in [0.2, 0.25) is 0 Å². The maximum Gasteiger partial charge on any atom is 0.193 e. The lowest BCUT2D eigenvalue weighted by atomic mass is 9.98. The quantitative estimate of drug-likeness (QED) is 0.290. The van der Waals surface area contributed by atoms with E-state index in [2.05, 4.69) is 22.8 Å². The molecule has 0 saturated carbocycles. The number of hydrogen-bond acceptors (Lipinski definition) is 5. The highest BCUT2D eigenvalue weighted by Crippen LogP contribution is 2.42. The molecule has 0 amide bonds. The topological polar surface area (TPSA) is 70.7 Å². The second kappa shape index (κ2) is 4.77. The summed E-state index contributed by atoms with van der Waals surface area (Å²) in [5, 5.41) is 34.0. The zero-order chi connectivity index (χ0) is 17.3. The first-order chi connectivity index (χ1) is 12.1. The van der Waals surface area contributed by atoms with E-state index in [1.807, 2.05) is 40.8 Å². The molecule has 0 radical (unpaired) electrons. The number of rotatable bonds is 0. The zero-order valence-corrected chi connectivity index (χ0v) is 14.1. The molecule has 2 heterocycles. The first kappa shape index (κ1) is 14.4. The largest absolute Gasteiger partial charge is 0.508 e. The summed E-state index contributed by atoms with van der Waals surface area (Å²) in [5.74, 6) is 0.0604. The third-order valence-electron chi connectivity index (χ3n) is 4.81. The van der Waals surface area contributed by atoms with Gasteiger partial charge in [0.25, 0.3) is 0 Å². The van der Waals surface area contributed by atoms with Gasteiger partial charge in [-0.2, -0.15) is 0 Å². The highest BCUT2D eigenvalue weighted by atomic mass is 32.1. The second-order valence-corrected chi connectivity index (χ2v) is 6.53. The Bertz CT molecular complexity index is 1340. The van der Waals surface area contributed by atoms with Gasteiger partial charge in [-0.25, -0.2) is 0 Å². The lowest BCUT2D eigenvalue weighted by molar-refractivity contribution is 0.448. The number of pyridine rings is 1. The van der Waals surface area contributed by atoms with Gasteiger partial charge in [0.05, 0.1) is 10.9 Å². The van der Waals surface area contributed by atoms with Crippen molar-refractivity contribution in [3.63, 3.8) is 0 Å². The van der Waals surface area contributed by atoms with Crippen molar-refractivity contribution in [3.8, 4) is 11.5 Å². The Morgan fingerprint density at radius 3 is 2.60 bits per heavy atom. The summed E-state index contributed by atoms with van der Waals surface area (Å²) in [7, 11) is 0. The minimum Gasteiger partial charge on any atom is -0.508 e. The molecule has 122 valence electrons. The molecule has 0 unspecified atom stereocenters. The molecule has 3 aromatic carbocycles. The molecular formula is C19H13N3O2S. The van der Waals surface area contributed by atoms with Crippen LogP contribution in [0.15, 0.2) is 47.6 Å². The number of phenolic OH excluding ortho intramolecular Hbond substituents is 2. The van der Waals surface area contributed by atoms with Gasteiger partial charge in [-0.15, -0.1) is 22.8 Å². The Kier molecular flexibility index (Phi) is 2.74. The molecule has 0 aliphatic carbocycles. The van der Waals surface area contributed by atoms with Crippen LogP contribution in [0.25, 0.3) is 38.1 Å². The van der Waals surface area contributed by atoms with Gasteiger partial charge in [-0.1, -0.05) is 36.4 Å². The highest BCUT2D eigenvalue weighted by Gasteiger charge is 2.20. The molecule has 5 rings (SSSR count). The molecule has 0 bridgehead atoms. The van der Waals surface area contributed by atoms with Gasteiger partial charge in [0.1, 0.15) is 11.5 Å². The van der Waals surface area contributed by atoms with Crippen LogP contribution >= 0.6 is 12.6 Å². The van der Waals surface area contributed by atoms with E-state index in [9.17, 15) is 10.2 Å². The zero-order valence-electron chi connectivity index (χ0n) is 13.2. The Morgan fingerprint density at radius 1 is 0.960 bits per heavy atom. The minimum atomic E-state index is 0.00999. The fourth-order valence-corrected chi connectivity index (χ4v) is 3.79. The molecule has 0 fully saturated rings. The summed E-state index contributed by atoms with van der Waals surface area (Å²) in [6.45, 7) is 1.67.